The molecule has 0 atom stereocenters. The van der Waals surface area contributed by atoms with Crippen LogP contribution in [0.5, 0.6) is 5.75 Å². The lowest BCUT2D eigenvalue weighted by Crippen LogP contribution is -2.19. The molecule has 0 saturated carbocycles. The normalized spacial score (nSPS) is 10.8. The maximum atomic E-state index is 13.0. The Morgan fingerprint density at radius 2 is 1.65 bits per heavy atom. The summed E-state index contributed by atoms with van der Waals surface area (Å²) in [5.41, 5.74) is 2.45. The van der Waals surface area contributed by atoms with E-state index in [1.165, 1.54) is 6.07 Å². The number of pyridine rings is 1. The van der Waals surface area contributed by atoms with E-state index in [1.54, 1.807) is 48.8 Å². The number of fused-ring (bicyclic) bond motifs is 1. The van der Waals surface area contributed by atoms with Gasteiger partial charge in [0.1, 0.15) is 5.75 Å². The van der Waals surface area contributed by atoms with Crippen LogP contribution in [0.1, 0.15) is 5.56 Å². The molecule has 2 aromatic heterocycles. The highest BCUT2D eigenvalue weighted by molar-refractivity contribution is 6.31. The smallest absolute Gasteiger partial charge is 0.417 e. The van der Waals surface area contributed by atoms with Crippen LogP contribution in [0.2, 0.25) is 5.02 Å². The molecule has 7 nitrogen and oxygen atoms in total. The Labute approximate surface area is 232 Å². The van der Waals surface area contributed by atoms with Gasteiger partial charge >= 0.3 is 12.2 Å². The Kier molecular flexibility index (Phi) is 8.70. The van der Waals surface area contributed by atoms with E-state index in [4.69, 9.17) is 11.6 Å². The molecule has 2 heterocycles. The van der Waals surface area contributed by atoms with E-state index < -0.39 is 22.8 Å². The first-order valence-corrected chi connectivity index (χ1v) is 12.1. The molecule has 2 N–H and O–H groups in total. The van der Waals surface area contributed by atoms with Crippen molar-refractivity contribution in [2.75, 3.05) is 10.6 Å². The van der Waals surface area contributed by atoms with Crippen LogP contribution in [0.25, 0.3) is 22.0 Å². The first-order valence-electron chi connectivity index (χ1n) is 11.8. The fourth-order valence-corrected chi connectivity index (χ4v) is 4.09. The van der Waals surface area contributed by atoms with Gasteiger partial charge in [0.05, 0.1) is 16.1 Å². The largest absolute Gasteiger partial charge is 0.429 e. The van der Waals surface area contributed by atoms with Crippen molar-refractivity contribution in [3.05, 3.63) is 108 Å². The van der Waals surface area contributed by atoms with E-state index in [2.05, 4.69) is 20.4 Å². The van der Waals surface area contributed by atoms with E-state index >= 15 is 0 Å². The van der Waals surface area contributed by atoms with Gasteiger partial charge in [0, 0.05) is 48.0 Å². The zero-order valence-electron chi connectivity index (χ0n) is 20.9. The zero-order chi connectivity index (χ0) is 28.7. The average Bonchev–Trinajstić information content (AvgIpc) is 3.27. The molecule has 0 fully saturated rings. The van der Waals surface area contributed by atoms with Gasteiger partial charge < -0.3 is 19.9 Å². The number of carbonyl (C=O) groups is 2. The quantitative estimate of drug-likeness (QED) is 0.213. The number of para-hydroxylation sites is 1. The number of nitrogens with one attached hydrogen (secondary N) is 2. The molecule has 5 aromatic rings. The minimum absolute atomic E-state index is 0.0194. The van der Waals surface area contributed by atoms with Crippen molar-refractivity contribution >= 4 is 46.4 Å². The van der Waals surface area contributed by atoms with Gasteiger partial charge in [0.15, 0.2) is 0 Å². The molecule has 0 unspecified atom stereocenters. The van der Waals surface area contributed by atoms with Crippen molar-refractivity contribution in [2.24, 2.45) is 7.05 Å². The van der Waals surface area contributed by atoms with E-state index in [0.717, 1.165) is 34.2 Å². The SMILES string of the molecule is Cn1cc(-c2ccc(NC(=O)Nc3ccc(Cl)c(C(F)(F)F)c3)cc2)c2cnccc21.O=COc1ccccc1. The van der Waals surface area contributed by atoms with Crippen molar-refractivity contribution in [1.82, 2.24) is 9.55 Å². The average molecular weight is 567 g/mol. The van der Waals surface area contributed by atoms with Gasteiger partial charge in [-0.25, -0.2) is 4.79 Å². The summed E-state index contributed by atoms with van der Waals surface area (Å²) in [6.45, 7) is 0.412. The number of aryl methyl sites for hydroxylation is 1. The molecule has 2 amide bonds. The monoisotopic (exact) mass is 566 g/mol. The van der Waals surface area contributed by atoms with Gasteiger partial charge in [-0.1, -0.05) is 41.9 Å². The molecular weight excluding hydrogens is 545 g/mol. The molecule has 40 heavy (non-hydrogen) atoms. The molecular formula is C29H22ClF3N4O3. The third-order valence-corrected chi connectivity index (χ3v) is 6.03. The van der Waals surface area contributed by atoms with Crippen LogP contribution in [0, 0.1) is 0 Å². The second-order valence-electron chi connectivity index (χ2n) is 8.42. The molecule has 5 rings (SSSR count). The molecule has 0 aliphatic heterocycles. The Morgan fingerprint density at radius 3 is 2.33 bits per heavy atom. The summed E-state index contributed by atoms with van der Waals surface area (Å²) in [6, 6.07) is 20.5. The lowest BCUT2D eigenvalue weighted by atomic mass is 10.1. The van der Waals surface area contributed by atoms with Crippen LogP contribution in [0.4, 0.5) is 29.3 Å². The van der Waals surface area contributed by atoms with Crippen LogP contribution >= 0.6 is 11.6 Å². The van der Waals surface area contributed by atoms with E-state index in [0.29, 0.717) is 17.9 Å². The minimum atomic E-state index is -4.61. The number of hydrogen-bond donors (Lipinski definition) is 2. The standard InChI is InChI=1S/C22H16ClF3N4O.C7H6O2/c1-30-12-17(16-11-27-9-8-20(16)30)13-2-4-14(5-3-13)28-21(31)29-15-6-7-19(23)18(10-15)22(24,25)26;8-6-9-7-4-2-1-3-5-7/h2-12H,1H3,(H2,28,29,31);1-6H. The summed E-state index contributed by atoms with van der Waals surface area (Å²) >= 11 is 5.60. The Hall–Kier alpha value is -4.83. The Balaban J connectivity index is 0.000000350. The van der Waals surface area contributed by atoms with E-state index in [-0.39, 0.29) is 5.69 Å². The topological polar surface area (TPSA) is 85.3 Å². The Morgan fingerprint density at radius 1 is 0.975 bits per heavy atom. The predicted molar refractivity (Wildman–Crippen MR) is 148 cm³/mol. The number of amides is 2. The first-order chi connectivity index (χ1) is 19.2. The van der Waals surface area contributed by atoms with Gasteiger partial charge in [-0.2, -0.15) is 13.2 Å². The maximum absolute atomic E-state index is 13.0. The summed E-state index contributed by atoms with van der Waals surface area (Å²) in [7, 11) is 1.95. The van der Waals surface area contributed by atoms with Crippen molar-refractivity contribution in [3.63, 3.8) is 0 Å². The number of aromatic nitrogens is 2. The van der Waals surface area contributed by atoms with Gasteiger partial charge in [0.2, 0.25) is 0 Å². The van der Waals surface area contributed by atoms with Gasteiger partial charge in [-0.3, -0.25) is 9.78 Å². The van der Waals surface area contributed by atoms with E-state index in [9.17, 15) is 22.8 Å². The fraction of sp³-hybridized carbons (Fsp3) is 0.0690. The number of ether oxygens (including phenoxy) is 1. The number of alkyl halides is 3. The van der Waals surface area contributed by atoms with E-state index in [1.807, 2.05) is 42.1 Å². The number of anilines is 2. The number of urea groups is 1. The van der Waals surface area contributed by atoms with Gasteiger partial charge in [0.25, 0.3) is 6.47 Å². The Bertz CT molecular complexity index is 1620. The maximum Gasteiger partial charge on any atom is 0.417 e. The molecule has 11 heteroatoms. The molecule has 0 aliphatic carbocycles. The summed E-state index contributed by atoms with van der Waals surface area (Å²) in [5, 5.41) is 5.56. The highest BCUT2D eigenvalue weighted by atomic mass is 35.5. The third-order valence-electron chi connectivity index (χ3n) is 5.70. The van der Waals surface area contributed by atoms with Crippen molar-refractivity contribution < 1.29 is 27.5 Å². The molecule has 0 radical (unpaired) electrons. The zero-order valence-corrected chi connectivity index (χ0v) is 21.7. The van der Waals surface area contributed by atoms with Crippen LogP contribution in [-0.4, -0.2) is 22.1 Å². The third kappa shape index (κ3) is 6.97. The molecule has 3 aromatic carbocycles. The highest BCUT2D eigenvalue weighted by Crippen LogP contribution is 2.36. The summed E-state index contributed by atoms with van der Waals surface area (Å²) < 4.78 is 45.4. The molecule has 0 saturated heterocycles. The first kappa shape index (κ1) is 28.2. The second-order valence-corrected chi connectivity index (χ2v) is 8.83. The lowest BCUT2D eigenvalue weighted by molar-refractivity contribution is -0.137. The number of nitrogens with zero attached hydrogens (tertiary/aromatic N) is 2. The van der Waals surface area contributed by atoms with Crippen molar-refractivity contribution in [3.8, 4) is 16.9 Å². The van der Waals surface area contributed by atoms with Gasteiger partial charge in [-0.05, 0) is 54.1 Å². The number of halogens is 4. The van der Waals surface area contributed by atoms with Crippen LogP contribution in [0.15, 0.2) is 97.5 Å². The fourth-order valence-electron chi connectivity index (χ4n) is 3.87. The highest BCUT2D eigenvalue weighted by Gasteiger charge is 2.33. The van der Waals surface area contributed by atoms with Crippen LogP contribution in [0.3, 0.4) is 0 Å². The second kappa shape index (κ2) is 12.4. The van der Waals surface area contributed by atoms with Crippen LogP contribution in [-0.2, 0) is 18.0 Å². The van der Waals surface area contributed by atoms with Crippen molar-refractivity contribution in [1.29, 1.82) is 0 Å². The molecule has 0 spiro atoms. The minimum Gasteiger partial charge on any atom is -0.429 e. The van der Waals surface area contributed by atoms with Gasteiger partial charge in [-0.15, -0.1) is 0 Å². The molecule has 0 aliphatic rings. The summed E-state index contributed by atoms with van der Waals surface area (Å²) in [5.74, 6) is 0.576. The summed E-state index contributed by atoms with van der Waals surface area (Å²) in [6.07, 6.45) is 0.917. The molecule has 0 bridgehead atoms. The van der Waals surface area contributed by atoms with Crippen LogP contribution < -0.4 is 15.4 Å². The number of benzene rings is 3. The number of carbonyl (C=O) groups excluding carboxylic acids is 2. The molecule has 204 valence electrons. The lowest BCUT2D eigenvalue weighted by Gasteiger charge is -2.12. The number of hydrogen-bond acceptors (Lipinski definition) is 4. The summed E-state index contributed by atoms with van der Waals surface area (Å²) in [4.78, 5) is 26.1. The van der Waals surface area contributed by atoms with Crippen molar-refractivity contribution in [2.45, 2.75) is 6.18 Å². The number of rotatable bonds is 5. The predicted octanol–water partition coefficient (Wildman–Crippen LogP) is 7.78.